The van der Waals surface area contributed by atoms with Crippen LogP contribution in [0.4, 0.5) is 22.0 Å². The summed E-state index contributed by atoms with van der Waals surface area (Å²) in [4.78, 5) is 15.5. The van der Waals surface area contributed by atoms with E-state index in [2.05, 4.69) is 30.2 Å². The van der Waals surface area contributed by atoms with Crippen molar-refractivity contribution in [1.82, 2.24) is 29.8 Å². The zero-order valence-electron chi connectivity index (χ0n) is 22.5. The van der Waals surface area contributed by atoms with E-state index in [1.165, 1.54) is 10.6 Å². The third-order valence-corrected chi connectivity index (χ3v) is 7.28. The van der Waals surface area contributed by atoms with Crippen molar-refractivity contribution >= 4 is 23.2 Å². The van der Waals surface area contributed by atoms with Crippen LogP contribution in [-0.4, -0.2) is 103 Å². The fourth-order valence-electron chi connectivity index (χ4n) is 4.97. The average Bonchev–Trinajstić information content (AvgIpc) is 3.67. The third-order valence-electron chi connectivity index (χ3n) is 7.28. The lowest BCUT2D eigenvalue weighted by atomic mass is 10.2. The monoisotopic (exact) mass is 551 g/mol. The van der Waals surface area contributed by atoms with Gasteiger partial charge < -0.3 is 34.7 Å². The maximum Gasteiger partial charge on any atom is 0.230 e. The highest BCUT2D eigenvalue weighted by Crippen LogP contribution is 2.26. The molecule has 0 amide bonds. The molecular formula is C27H34FN9O3. The van der Waals surface area contributed by atoms with Gasteiger partial charge in [-0.1, -0.05) is 0 Å². The van der Waals surface area contributed by atoms with Crippen LogP contribution < -0.4 is 25.6 Å². The van der Waals surface area contributed by atoms with Gasteiger partial charge in [0, 0.05) is 71.5 Å². The number of halogens is 1. The first-order chi connectivity index (χ1) is 19.5. The van der Waals surface area contributed by atoms with Gasteiger partial charge in [-0.15, -0.1) is 0 Å². The molecule has 2 saturated heterocycles. The molecule has 6 rings (SSSR count). The Labute approximate surface area is 231 Å². The quantitative estimate of drug-likeness (QED) is 0.316. The second-order valence-electron chi connectivity index (χ2n) is 10.0. The van der Waals surface area contributed by atoms with E-state index in [0.717, 1.165) is 52.4 Å². The van der Waals surface area contributed by atoms with E-state index in [4.69, 9.17) is 19.6 Å². The van der Waals surface area contributed by atoms with Crippen molar-refractivity contribution in [2.45, 2.75) is 6.10 Å². The Balaban J connectivity index is 0.999. The normalized spacial score (nSPS) is 18.4. The van der Waals surface area contributed by atoms with Gasteiger partial charge in [-0.25, -0.2) is 4.39 Å². The van der Waals surface area contributed by atoms with Crippen LogP contribution in [0, 0.1) is 5.82 Å². The predicted molar refractivity (Wildman–Crippen MR) is 149 cm³/mol. The van der Waals surface area contributed by atoms with Crippen LogP contribution in [-0.2, 0) is 4.74 Å². The largest absolute Gasteiger partial charge is 0.491 e. The van der Waals surface area contributed by atoms with Gasteiger partial charge in [-0.05, 0) is 24.3 Å². The second kappa shape index (κ2) is 11.7. The van der Waals surface area contributed by atoms with E-state index in [1.807, 2.05) is 36.2 Å². The molecule has 13 heteroatoms. The van der Waals surface area contributed by atoms with Crippen molar-refractivity contribution in [3.63, 3.8) is 0 Å². The van der Waals surface area contributed by atoms with Crippen LogP contribution in [0.5, 0.6) is 5.75 Å². The predicted octanol–water partition coefficient (Wildman–Crippen LogP) is 1.73. The van der Waals surface area contributed by atoms with Crippen molar-refractivity contribution in [3.05, 3.63) is 48.5 Å². The smallest absolute Gasteiger partial charge is 0.230 e. The Morgan fingerprint density at radius 2 is 2.05 bits per heavy atom. The first kappa shape index (κ1) is 26.3. The first-order valence-electron chi connectivity index (χ1n) is 13.5. The molecule has 0 saturated carbocycles. The van der Waals surface area contributed by atoms with Gasteiger partial charge in [0.2, 0.25) is 11.9 Å². The number of hydrogen-bond donors (Lipinski definition) is 2. The Morgan fingerprint density at radius 1 is 1.18 bits per heavy atom. The van der Waals surface area contributed by atoms with Crippen molar-refractivity contribution < 1.29 is 18.3 Å². The number of fused-ring (bicyclic) bond motifs is 1. The van der Waals surface area contributed by atoms with Crippen molar-refractivity contribution in [2.24, 2.45) is 0 Å². The van der Waals surface area contributed by atoms with Crippen LogP contribution in [0.1, 0.15) is 0 Å². The molecule has 4 aromatic rings. The number of ether oxygens (including phenoxy) is 2. The number of nitrogens with zero attached hydrogens (tertiary/aromatic N) is 7. The van der Waals surface area contributed by atoms with E-state index in [0.29, 0.717) is 47.7 Å². The molecule has 1 unspecified atom stereocenters. The van der Waals surface area contributed by atoms with E-state index in [1.54, 1.807) is 12.3 Å². The molecule has 1 aromatic carbocycles. The maximum atomic E-state index is 14.9. The Morgan fingerprint density at radius 3 is 2.80 bits per heavy atom. The Kier molecular flexibility index (Phi) is 7.66. The van der Waals surface area contributed by atoms with Crippen LogP contribution in [0.3, 0.4) is 0 Å². The molecule has 3 aromatic heterocycles. The average molecular weight is 552 g/mol. The van der Waals surface area contributed by atoms with Crippen LogP contribution in [0.2, 0.25) is 0 Å². The number of nitrogens with one attached hydrogen (secondary N) is 1. The molecule has 0 radical (unpaired) electrons. The summed E-state index contributed by atoms with van der Waals surface area (Å²) in [6.07, 6.45) is 1.59. The number of benzene rings is 1. The number of furan rings is 1. The minimum absolute atomic E-state index is 0.0124. The van der Waals surface area contributed by atoms with E-state index >= 15 is 0 Å². The highest BCUT2D eigenvalue weighted by Gasteiger charge is 2.21. The molecule has 2 aliphatic rings. The van der Waals surface area contributed by atoms with Gasteiger partial charge in [-0.2, -0.15) is 19.6 Å². The van der Waals surface area contributed by atoms with Crippen LogP contribution >= 0.6 is 0 Å². The Hall–Kier alpha value is -3.94. The lowest BCUT2D eigenvalue weighted by Gasteiger charge is -2.36. The summed E-state index contributed by atoms with van der Waals surface area (Å²) in [6.45, 7) is 7.34. The number of rotatable bonds is 9. The number of piperazine rings is 1. The minimum atomic E-state index is -0.270. The summed E-state index contributed by atoms with van der Waals surface area (Å²) in [5, 5.41) is 7.71. The lowest BCUT2D eigenvalue weighted by Crippen LogP contribution is -2.48. The molecule has 212 valence electrons. The highest BCUT2D eigenvalue weighted by atomic mass is 19.1. The maximum absolute atomic E-state index is 14.9. The number of aromatic nitrogens is 4. The fraction of sp³-hybridized carbons (Fsp3) is 0.444. The summed E-state index contributed by atoms with van der Waals surface area (Å²) in [6, 6.07) is 10.6. The summed E-state index contributed by atoms with van der Waals surface area (Å²) in [7, 11) is 1.95. The van der Waals surface area contributed by atoms with Crippen molar-refractivity contribution in [1.29, 1.82) is 0 Å². The number of morpholine rings is 1. The standard InChI is InChI=1S/C27H34FN9O3/c1-34(27-31-25-16-22(24-3-2-13-39-24)33-37(25)26(29)32-27)7-8-35-9-11-36(12-10-35)23-5-4-19(15-21(23)28)40-18-20-17-30-6-14-38-20/h2-5,13,15-16,20,30H,6-12,14,17-18H2,1H3,(H2,29,31,32). The Bertz CT molecular complexity index is 1420. The van der Waals surface area contributed by atoms with E-state index in [-0.39, 0.29) is 17.9 Å². The summed E-state index contributed by atoms with van der Waals surface area (Å²) in [5.41, 5.74) is 8.03. The van der Waals surface area contributed by atoms with Gasteiger partial charge in [0.05, 0.1) is 18.6 Å². The summed E-state index contributed by atoms with van der Waals surface area (Å²) >= 11 is 0. The molecule has 40 heavy (non-hydrogen) atoms. The lowest BCUT2D eigenvalue weighted by molar-refractivity contribution is 0.000140. The molecule has 2 fully saturated rings. The molecule has 12 nitrogen and oxygen atoms in total. The molecule has 1 atom stereocenters. The van der Waals surface area contributed by atoms with Crippen LogP contribution in [0.25, 0.3) is 17.1 Å². The summed E-state index contributed by atoms with van der Waals surface area (Å²) < 4.78 is 33.3. The highest BCUT2D eigenvalue weighted by molar-refractivity contribution is 5.61. The zero-order valence-corrected chi connectivity index (χ0v) is 22.5. The SMILES string of the molecule is CN(CCN1CCN(c2ccc(OCC3CNCCO3)cc2F)CC1)c1nc(N)n2nc(-c3ccco3)cc2n1. The van der Waals surface area contributed by atoms with Gasteiger partial charge in [0.15, 0.2) is 11.4 Å². The fourth-order valence-corrected chi connectivity index (χ4v) is 4.97. The molecular weight excluding hydrogens is 517 g/mol. The van der Waals surface area contributed by atoms with Gasteiger partial charge in [-0.3, -0.25) is 4.90 Å². The summed E-state index contributed by atoms with van der Waals surface area (Å²) in [5.74, 6) is 1.69. The molecule has 0 aliphatic carbocycles. The molecule has 0 bridgehead atoms. The molecule has 3 N–H and O–H groups in total. The van der Waals surface area contributed by atoms with Crippen molar-refractivity contribution in [2.75, 3.05) is 88.2 Å². The number of nitrogens with two attached hydrogens (primary N) is 1. The zero-order chi connectivity index (χ0) is 27.5. The third kappa shape index (κ3) is 5.81. The van der Waals surface area contributed by atoms with Crippen molar-refractivity contribution in [3.8, 4) is 17.2 Å². The molecule has 0 spiro atoms. The number of likely N-dealkylation sites (N-methyl/N-ethyl adjacent to an activating group) is 1. The number of nitrogen functional groups attached to an aromatic ring is 1. The van der Waals surface area contributed by atoms with E-state index < -0.39 is 0 Å². The minimum Gasteiger partial charge on any atom is -0.491 e. The topological polar surface area (TPSA) is 122 Å². The van der Waals surface area contributed by atoms with Gasteiger partial charge >= 0.3 is 0 Å². The first-order valence-corrected chi connectivity index (χ1v) is 13.5. The van der Waals surface area contributed by atoms with E-state index in [9.17, 15) is 4.39 Å². The molecule has 2 aliphatic heterocycles. The van der Waals surface area contributed by atoms with Crippen LogP contribution in [0.15, 0.2) is 47.1 Å². The number of anilines is 3. The molecule has 5 heterocycles. The van der Waals surface area contributed by atoms with Gasteiger partial charge in [0.25, 0.3) is 0 Å². The second-order valence-corrected chi connectivity index (χ2v) is 10.0. The number of hydrogen-bond acceptors (Lipinski definition) is 11. The van der Waals surface area contributed by atoms with Gasteiger partial charge in [0.1, 0.15) is 30.0 Å².